The van der Waals surface area contributed by atoms with E-state index in [2.05, 4.69) is 20.8 Å². The van der Waals surface area contributed by atoms with Crippen LogP contribution >= 0.6 is 0 Å². The maximum absolute atomic E-state index is 9.54. The molecule has 1 unspecified atom stereocenters. The zero-order chi connectivity index (χ0) is 11.2. The Morgan fingerprint density at radius 1 is 1.07 bits per heavy atom. The minimum Gasteiger partial charge on any atom is -0.390 e. The summed E-state index contributed by atoms with van der Waals surface area (Å²) in [5, 5.41) is 9.54. The summed E-state index contributed by atoms with van der Waals surface area (Å²) in [5.74, 6) is 0. The van der Waals surface area contributed by atoms with Gasteiger partial charge in [-0.1, -0.05) is 20.3 Å². The Morgan fingerprint density at radius 2 is 1.64 bits per heavy atom. The molecule has 0 saturated carbocycles. The van der Waals surface area contributed by atoms with Crippen LogP contribution in [0.1, 0.15) is 60.3 Å². The Bertz CT molecular complexity index is 149. The summed E-state index contributed by atoms with van der Waals surface area (Å²) in [4.78, 5) is 0. The van der Waals surface area contributed by atoms with E-state index in [4.69, 9.17) is 4.74 Å². The molecule has 0 aromatic heterocycles. The minimum atomic E-state index is -0.610. The van der Waals surface area contributed by atoms with Crippen LogP contribution in [0.25, 0.3) is 0 Å². The van der Waals surface area contributed by atoms with Gasteiger partial charge in [0.2, 0.25) is 0 Å². The second-order valence-corrected chi connectivity index (χ2v) is 4.96. The van der Waals surface area contributed by atoms with Crippen LogP contribution in [-0.4, -0.2) is 22.9 Å². The number of ether oxygens (including phenoxy) is 1. The van der Waals surface area contributed by atoms with Crippen molar-refractivity contribution in [1.82, 2.24) is 0 Å². The summed E-state index contributed by atoms with van der Waals surface area (Å²) in [7, 11) is 0. The highest BCUT2D eigenvalue weighted by molar-refractivity contribution is 4.73. The number of hydrogen-bond donors (Lipinski definition) is 1. The molecule has 0 heterocycles. The lowest BCUT2D eigenvalue weighted by Gasteiger charge is -2.29. The van der Waals surface area contributed by atoms with Gasteiger partial charge < -0.3 is 9.84 Å². The van der Waals surface area contributed by atoms with E-state index in [9.17, 15) is 5.11 Å². The van der Waals surface area contributed by atoms with E-state index in [0.29, 0.717) is 13.0 Å². The highest BCUT2D eigenvalue weighted by Gasteiger charge is 2.22. The first-order chi connectivity index (χ1) is 6.33. The Balaban J connectivity index is 3.84. The van der Waals surface area contributed by atoms with E-state index < -0.39 is 5.60 Å². The van der Waals surface area contributed by atoms with Crippen molar-refractivity contribution in [2.45, 2.75) is 71.5 Å². The van der Waals surface area contributed by atoms with Crippen LogP contribution < -0.4 is 0 Å². The van der Waals surface area contributed by atoms with Crippen LogP contribution in [0.3, 0.4) is 0 Å². The predicted molar refractivity (Wildman–Crippen MR) is 60.5 cm³/mol. The second kappa shape index (κ2) is 5.72. The molecule has 0 amide bonds. The molecule has 1 N–H and O–H groups in total. The molecule has 2 heteroatoms. The SMILES string of the molecule is CCCC(C)(CC)OCCC(C)(C)O. The number of hydrogen-bond acceptors (Lipinski definition) is 2. The molecular weight excluding hydrogens is 176 g/mol. The van der Waals surface area contributed by atoms with Crippen molar-refractivity contribution in [3.8, 4) is 0 Å². The predicted octanol–water partition coefficient (Wildman–Crippen LogP) is 3.13. The third-order valence-corrected chi connectivity index (χ3v) is 2.69. The molecule has 0 radical (unpaired) electrons. The molecule has 0 aliphatic heterocycles. The van der Waals surface area contributed by atoms with Gasteiger partial charge in [0.15, 0.2) is 0 Å². The van der Waals surface area contributed by atoms with Crippen molar-refractivity contribution in [3.63, 3.8) is 0 Å². The van der Waals surface area contributed by atoms with Gasteiger partial charge in [-0.25, -0.2) is 0 Å². The summed E-state index contributed by atoms with van der Waals surface area (Å²) >= 11 is 0. The lowest BCUT2D eigenvalue weighted by molar-refractivity contribution is -0.0630. The molecule has 14 heavy (non-hydrogen) atoms. The highest BCUT2D eigenvalue weighted by atomic mass is 16.5. The number of aliphatic hydroxyl groups is 1. The Morgan fingerprint density at radius 3 is 2.00 bits per heavy atom. The van der Waals surface area contributed by atoms with E-state index in [1.54, 1.807) is 0 Å². The van der Waals surface area contributed by atoms with Crippen molar-refractivity contribution >= 4 is 0 Å². The first-order valence-corrected chi connectivity index (χ1v) is 5.69. The monoisotopic (exact) mass is 202 g/mol. The molecule has 0 aliphatic carbocycles. The smallest absolute Gasteiger partial charge is 0.0651 e. The van der Waals surface area contributed by atoms with Crippen molar-refractivity contribution in [1.29, 1.82) is 0 Å². The fraction of sp³-hybridized carbons (Fsp3) is 1.00. The first kappa shape index (κ1) is 13.9. The molecule has 86 valence electrons. The summed E-state index contributed by atoms with van der Waals surface area (Å²) in [6, 6.07) is 0. The van der Waals surface area contributed by atoms with Crippen molar-refractivity contribution in [2.24, 2.45) is 0 Å². The van der Waals surface area contributed by atoms with Crippen LogP contribution in [-0.2, 0) is 4.74 Å². The highest BCUT2D eigenvalue weighted by Crippen LogP contribution is 2.22. The Labute approximate surface area is 88.7 Å². The van der Waals surface area contributed by atoms with Gasteiger partial charge in [-0.2, -0.15) is 0 Å². The molecule has 0 fully saturated rings. The minimum absolute atomic E-state index is 0.000000000000000222. The normalized spacial score (nSPS) is 16.7. The average Bonchev–Trinajstić information content (AvgIpc) is 2.02. The number of rotatable bonds is 7. The van der Waals surface area contributed by atoms with Gasteiger partial charge in [0.25, 0.3) is 0 Å². The summed E-state index contributed by atoms with van der Waals surface area (Å²) in [5.41, 5.74) is -0.610. The molecule has 2 nitrogen and oxygen atoms in total. The third-order valence-electron chi connectivity index (χ3n) is 2.69. The van der Waals surface area contributed by atoms with E-state index in [-0.39, 0.29) is 5.60 Å². The maximum Gasteiger partial charge on any atom is 0.0651 e. The quantitative estimate of drug-likeness (QED) is 0.687. The zero-order valence-corrected chi connectivity index (χ0v) is 10.4. The standard InChI is InChI=1S/C12H26O2/c1-6-8-12(5,7-2)14-10-9-11(3,4)13/h13H,6-10H2,1-5H3. The molecule has 0 bridgehead atoms. The van der Waals surface area contributed by atoms with Crippen LogP contribution in [0.5, 0.6) is 0 Å². The molecule has 0 aliphatic rings. The van der Waals surface area contributed by atoms with Crippen molar-refractivity contribution in [3.05, 3.63) is 0 Å². The molecular formula is C12H26O2. The van der Waals surface area contributed by atoms with Gasteiger partial charge >= 0.3 is 0 Å². The van der Waals surface area contributed by atoms with Crippen molar-refractivity contribution in [2.75, 3.05) is 6.61 Å². The topological polar surface area (TPSA) is 29.5 Å². The fourth-order valence-electron chi connectivity index (χ4n) is 1.43. The van der Waals surface area contributed by atoms with E-state index in [0.717, 1.165) is 19.3 Å². The Kier molecular flexibility index (Phi) is 5.68. The van der Waals surface area contributed by atoms with Gasteiger partial charge in [-0.15, -0.1) is 0 Å². The second-order valence-electron chi connectivity index (χ2n) is 4.96. The molecule has 0 saturated heterocycles. The lowest BCUT2D eigenvalue weighted by Crippen LogP contribution is -2.30. The average molecular weight is 202 g/mol. The molecule has 0 rings (SSSR count). The fourth-order valence-corrected chi connectivity index (χ4v) is 1.43. The maximum atomic E-state index is 9.54. The van der Waals surface area contributed by atoms with E-state index in [1.165, 1.54) is 0 Å². The van der Waals surface area contributed by atoms with Gasteiger partial charge in [0.1, 0.15) is 0 Å². The van der Waals surface area contributed by atoms with E-state index >= 15 is 0 Å². The van der Waals surface area contributed by atoms with Crippen LogP contribution in [0.15, 0.2) is 0 Å². The molecule has 0 aromatic rings. The van der Waals surface area contributed by atoms with Gasteiger partial charge in [0.05, 0.1) is 17.8 Å². The summed E-state index contributed by atoms with van der Waals surface area (Å²) in [6.45, 7) is 10.8. The van der Waals surface area contributed by atoms with Crippen LogP contribution in [0, 0.1) is 0 Å². The third kappa shape index (κ3) is 6.39. The summed E-state index contributed by atoms with van der Waals surface area (Å²) in [6.07, 6.45) is 3.97. The zero-order valence-electron chi connectivity index (χ0n) is 10.4. The largest absolute Gasteiger partial charge is 0.390 e. The van der Waals surface area contributed by atoms with E-state index in [1.807, 2.05) is 13.8 Å². The van der Waals surface area contributed by atoms with Crippen LogP contribution in [0.2, 0.25) is 0 Å². The molecule has 1 atom stereocenters. The van der Waals surface area contributed by atoms with Crippen LogP contribution in [0.4, 0.5) is 0 Å². The van der Waals surface area contributed by atoms with Gasteiger partial charge in [-0.3, -0.25) is 0 Å². The first-order valence-electron chi connectivity index (χ1n) is 5.69. The molecule has 0 spiro atoms. The molecule has 0 aromatic carbocycles. The lowest BCUT2D eigenvalue weighted by atomic mass is 9.97. The van der Waals surface area contributed by atoms with Gasteiger partial charge in [-0.05, 0) is 40.0 Å². The van der Waals surface area contributed by atoms with Crippen molar-refractivity contribution < 1.29 is 9.84 Å². The van der Waals surface area contributed by atoms with Gasteiger partial charge in [0, 0.05) is 0 Å². The summed E-state index contributed by atoms with van der Waals surface area (Å²) < 4.78 is 5.84. The Hall–Kier alpha value is -0.0800.